The Morgan fingerprint density at radius 1 is 1.35 bits per heavy atom. The van der Waals surface area contributed by atoms with Gasteiger partial charge in [-0.15, -0.1) is 23.1 Å². The van der Waals surface area contributed by atoms with Crippen LogP contribution in [-0.4, -0.2) is 27.6 Å². The third kappa shape index (κ3) is 4.94. The first-order valence-corrected chi connectivity index (χ1v) is 10.3. The highest BCUT2D eigenvalue weighted by molar-refractivity contribution is 7.99. The second-order valence-corrected chi connectivity index (χ2v) is 7.52. The molecule has 0 fully saturated rings. The first-order valence-electron chi connectivity index (χ1n) is 8.28. The molecule has 26 heavy (non-hydrogen) atoms. The zero-order valence-corrected chi connectivity index (χ0v) is 16.0. The fraction of sp³-hybridized carbons (Fsp3) is 0.278. The van der Waals surface area contributed by atoms with E-state index in [1.54, 1.807) is 6.20 Å². The molecule has 0 aliphatic heterocycles. The molecule has 1 aromatic carbocycles. The van der Waals surface area contributed by atoms with Gasteiger partial charge in [-0.25, -0.2) is 4.98 Å². The van der Waals surface area contributed by atoms with Crippen LogP contribution in [0, 0.1) is 0 Å². The van der Waals surface area contributed by atoms with Crippen LogP contribution in [0.2, 0.25) is 0 Å². The molecule has 0 radical (unpaired) electrons. The average Bonchev–Trinajstić information content (AvgIpc) is 3.09. The lowest BCUT2D eigenvalue weighted by atomic mass is 10.2. The van der Waals surface area contributed by atoms with Crippen LogP contribution in [0.15, 0.2) is 46.7 Å². The quantitative estimate of drug-likeness (QED) is 0.621. The number of rotatable bonds is 8. The number of carbonyl (C=O) groups is 1. The van der Waals surface area contributed by atoms with Crippen LogP contribution in [0.4, 0.5) is 5.69 Å². The fourth-order valence-corrected chi connectivity index (χ4v) is 3.89. The molecule has 2 aromatic heterocycles. The molecule has 0 aliphatic rings. The van der Waals surface area contributed by atoms with Gasteiger partial charge in [0.1, 0.15) is 0 Å². The van der Waals surface area contributed by atoms with Crippen molar-refractivity contribution in [2.45, 2.75) is 19.2 Å². The molecule has 2 heterocycles. The number of amides is 1. The minimum absolute atomic E-state index is 0.0653. The van der Waals surface area contributed by atoms with E-state index >= 15 is 0 Å². The summed E-state index contributed by atoms with van der Waals surface area (Å²) in [5, 5.41) is 8.00. The van der Waals surface area contributed by atoms with E-state index in [2.05, 4.69) is 22.5 Å². The molecule has 0 unspecified atom stereocenters. The predicted octanol–water partition coefficient (Wildman–Crippen LogP) is 2.74. The van der Waals surface area contributed by atoms with Crippen molar-refractivity contribution in [3.8, 4) is 0 Å². The monoisotopic (exact) mass is 388 g/mol. The molecule has 6 nitrogen and oxygen atoms in total. The highest BCUT2D eigenvalue weighted by atomic mass is 32.2. The molecule has 0 saturated carbocycles. The number of nitrogens with one attached hydrogen (secondary N) is 2. The largest absolute Gasteiger partial charge is 0.325 e. The first-order chi connectivity index (χ1) is 12.7. The van der Waals surface area contributed by atoms with E-state index in [9.17, 15) is 9.59 Å². The fourth-order valence-electron chi connectivity index (χ4n) is 2.44. The van der Waals surface area contributed by atoms with Crippen LogP contribution < -0.4 is 16.2 Å². The molecule has 0 saturated heterocycles. The van der Waals surface area contributed by atoms with Crippen molar-refractivity contribution in [1.82, 2.24) is 14.7 Å². The maximum absolute atomic E-state index is 12.1. The van der Waals surface area contributed by atoms with Crippen LogP contribution in [0.3, 0.4) is 0 Å². The van der Waals surface area contributed by atoms with E-state index in [-0.39, 0.29) is 11.5 Å². The molecule has 0 spiro atoms. The first kappa shape index (κ1) is 18.6. The van der Waals surface area contributed by atoms with Crippen molar-refractivity contribution in [2.75, 3.05) is 17.6 Å². The second kappa shape index (κ2) is 8.98. The van der Waals surface area contributed by atoms with Crippen LogP contribution in [0.5, 0.6) is 0 Å². The Morgan fingerprint density at radius 2 is 2.23 bits per heavy atom. The van der Waals surface area contributed by atoms with Crippen molar-refractivity contribution in [2.24, 2.45) is 0 Å². The number of anilines is 1. The maximum atomic E-state index is 12.1. The van der Waals surface area contributed by atoms with E-state index in [4.69, 9.17) is 0 Å². The number of hydrogen-bond donors (Lipinski definition) is 2. The number of hydrogen-bond acceptors (Lipinski definition) is 6. The van der Waals surface area contributed by atoms with Gasteiger partial charge in [-0.05, 0) is 24.2 Å². The molecule has 3 rings (SSSR count). The van der Waals surface area contributed by atoms with E-state index in [1.807, 2.05) is 29.6 Å². The molecule has 0 atom stereocenters. The number of benzene rings is 1. The summed E-state index contributed by atoms with van der Waals surface area (Å²) in [6.45, 7) is 3.74. The summed E-state index contributed by atoms with van der Waals surface area (Å²) in [6, 6.07) is 9.33. The topological polar surface area (TPSA) is 75.5 Å². The summed E-state index contributed by atoms with van der Waals surface area (Å²) in [6.07, 6.45) is 1.71. The predicted molar refractivity (Wildman–Crippen MR) is 108 cm³/mol. The minimum atomic E-state index is -0.0891. The van der Waals surface area contributed by atoms with E-state index in [0.717, 1.165) is 24.3 Å². The highest BCUT2D eigenvalue weighted by Gasteiger charge is 2.07. The number of nitrogens with zero attached hydrogens (tertiary/aromatic N) is 2. The lowest BCUT2D eigenvalue weighted by Gasteiger charge is -2.08. The molecule has 136 valence electrons. The summed E-state index contributed by atoms with van der Waals surface area (Å²) in [7, 11) is 0. The lowest BCUT2D eigenvalue weighted by molar-refractivity contribution is -0.113. The number of thiazole rings is 1. The summed E-state index contributed by atoms with van der Waals surface area (Å²) in [5.74, 6) is 0.769. The Balaban J connectivity index is 1.51. The Kier molecular flexibility index (Phi) is 6.43. The normalized spacial score (nSPS) is 11.0. The van der Waals surface area contributed by atoms with Crippen LogP contribution >= 0.6 is 23.1 Å². The van der Waals surface area contributed by atoms with Gasteiger partial charge in [0.05, 0.1) is 11.4 Å². The number of fused-ring (bicyclic) bond motifs is 1. The lowest BCUT2D eigenvalue weighted by Crippen LogP contribution is -2.16. The summed E-state index contributed by atoms with van der Waals surface area (Å²) < 4.78 is 1.52. The summed E-state index contributed by atoms with van der Waals surface area (Å²) in [4.78, 5) is 29.2. The van der Waals surface area contributed by atoms with E-state index < -0.39 is 0 Å². The SMILES string of the molecule is CCNCc1cccc(NC(=O)CSCc2cc(=O)n3ccsc3n2)c1. The summed E-state index contributed by atoms with van der Waals surface area (Å²) >= 11 is 2.86. The molecular weight excluding hydrogens is 368 g/mol. The van der Waals surface area contributed by atoms with Gasteiger partial charge >= 0.3 is 0 Å². The number of carbonyl (C=O) groups excluding carboxylic acids is 1. The average molecular weight is 389 g/mol. The zero-order chi connectivity index (χ0) is 18.4. The molecular formula is C18H20N4O2S2. The van der Waals surface area contributed by atoms with Gasteiger partial charge in [0, 0.05) is 35.6 Å². The third-order valence-corrected chi connectivity index (χ3v) is 5.35. The van der Waals surface area contributed by atoms with Gasteiger partial charge < -0.3 is 10.6 Å². The molecule has 0 aliphatic carbocycles. The van der Waals surface area contributed by atoms with Crippen LogP contribution in [-0.2, 0) is 17.1 Å². The van der Waals surface area contributed by atoms with E-state index in [1.165, 1.54) is 33.6 Å². The Hall–Kier alpha value is -2.16. The van der Waals surface area contributed by atoms with Crippen LogP contribution in [0.25, 0.3) is 4.96 Å². The van der Waals surface area contributed by atoms with Gasteiger partial charge in [-0.2, -0.15) is 0 Å². The van der Waals surface area contributed by atoms with Gasteiger partial charge in [-0.3, -0.25) is 14.0 Å². The number of aromatic nitrogens is 2. The van der Waals surface area contributed by atoms with Crippen molar-refractivity contribution >= 4 is 39.7 Å². The molecule has 8 heteroatoms. The van der Waals surface area contributed by atoms with Crippen molar-refractivity contribution < 1.29 is 4.79 Å². The maximum Gasteiger partial charge on any atom is 0.258 e. The molecule has 3 aromatic rings. The van der Waals surface area contributed by atoms with Gasteiger partial charge in [0.2, 0.25) is 5.91 Å². The summed E-state index contributed by atoms with van der Waals surface area (Å²) in [5.41, 5.74) is 2.53. The molecule has 2 N–H and O–H groups in total. The Bertz CT molecular complexity index is 952. The minimum Gasteiger partial charge on any atom is -0.325 e. The zero-order valence-electron chi connectivity index (χ0n) is 14.4. The van der Waals surface area contributed by atoms with Gasteiger partial charge in [0.15, 0.2) is 4.96 Å². The Morgan fingerprint density at radius 3 is 3.08 bits per heavy atom. The molecule has 1 amide bonds. The smallest absolute Gasteiger partial charge is 0.258 e. The van der Waals surface area contributed by atoms with Gasteiger partial charge in [0.25, 0.3) is 5.56 Å². The van der Waals surface area contributed by atoms with Gasteiger partial charge in [-0.1, -0.05) is 19.1 Å². The molecule has 0 bridgehead atoms. The number of thioether (sulfide) groups is 1. The Labute approximate surface area is 159 Å². The standard InChI is InChI=1S/C18H20N4O2S2/c1-2-19-10-13-4-3-5-14(8-13)20-16(23)12-25-11-15-9-17(24)22-6-7-26-18(22)21-15/h3-9,19H,2,10-12H2,1H3,(H,20,23). The third-order valence-electron chi connectivity index (χ3n) is 3.63. The van der Waals surface area contributed by atoms with Crippen molar-refractivity contribution in [3.05, 3.63) is 63.5 Å². The van der Waals surface area contributed by atoms with Crippen LogP contribution in [0.1, 0.15) is 18.2 Å². The highest BCUT2D eigenvalue weighted by Crippen LogP contribution is 2.14. The van der Waals surface area contributed by atoms with Crippen molar-refractivity contribution in [3.63, 3.8) is 0 Å². The van der Waals surface area contributed by atoms with E-state index in [0.29, 0.717) is 22.2 Å². The second-order valence-electron chi connectivity index (χ2n) is 5.66. The van der Waals surface area contributed by atoms with Crippen molar-refractivity contribution in [1.29, 1.82) is 0 Å².